The number of carbonyl (C=O) groups is 1. The van der Waals surface area contributed by atoms with Crippen LogP contribution in [0.2, 0.25) is 0 Å². The van der Waals surface area contributed by atoms with Gasteiger partial charge in [-0.3, -0.25) is 0 Å². The van der Waals surface area contributed by atoms with Crippen LogP contribution in [-0.2, 0) is 18.6 Å². The van der Waals surface area contributed by atoms with Gasteiger partial charge in [0.15, 0.2) is 0 Å². The van der Waals surface area contributed by atoms with Crippen molar-refractivity contribution < 1.29 is 28.4 Å². The topological polar surface area (TPSA) is 98.7 Å². The van der Waals surface area contributed by atoms with E-state index in [0.29, 0.717) is 31.4 Å². The first-order valence-electron chi connectivity index (χ1n) is 5.32. The van der Waals surface area contributed by atoms with Gasteiger partial charge in [0.25, 0.3) is 0 Å². The Balaban J connectivity index is 0. The molecular formula is C10H17MgO6P. The summed E-state index contributed by atoms with van der Waals surface area (Å²) in [6.07, 6.45) is 2.66. The minimum Gasteiger partial charge on any atom is -0.790 e. The summed E-state index contributed by atoms with van der Waals surface area (Å²) in [7, 11) is -4.83. The van der Waals surface area contributed by atoms with Crippen LogP contribution in [0.5, 0.6) is 0 Å². The molecule has 0 amide bonds. The van der Waals surface area contributed by atoms with Crippen LogP contribution in [0.4, 0.5) is 0 Å². The maximum Gasteiger partial charge on any atom is 2.00 e. The van der Waals surface area contributed by atoms with Gasteiger partial charge in [0, 0.05) is 5.57 Å². The molecule has 0 saturated heterocycles. The summed E-state index contributed by atoms with van der Waals surface area (Å²) < 4.78 is 19.0. The standard InChI is InChI=1S/C10H19O6P.Mg/c1-9(2)10(11)15-7-5-3-4-6-8-16-17(12,13)14;/h1,3-8H2,2H3,(H2,12,13,14);/q;+2/p-2. The van der Waals surface area contributed by atoms with Crippen LogP contribution in [-0.4, -0.2) is 42.2 Å². The van der Waals surface area contributed by atoms with Gasteiger partial charge in [0.1, 0.15) is 0 Å². The third-order valence-electron chi connectivity index (χ3n) is 1.87. The minimum atomic E-state index is -4.83. The molecule has 0 aliphatic carbocycles. The van der Waals surface area contributed by atoms with Gasteiger partial charge in [0.05, 0.1) is 21.0 Å². The van der Waals surface area contributed by atoms with Gasteiger partial charge in [0.2, 0.25) is 0 Å². The van der Waals surface area contributed by atoms with Crippen molar-refractivity contribution in [3.63, 3.8) is 0 Å². The summed E-state index contributed by atoms with van der Waals surface area (Å²) in [4.78, 5) is 31.1. The van der Waals surface area contributed by atoms with Gasteiger partial charge in [-0.15, -0.1) is 0 Å². The number of phosphoric acid groups is 1. The second-order valence-corrected chi connectivity index (χ2v) is 4.76. The third kappa shape index (κ3) is 14.1. The number of hydrogen-bond donors (Lipinski definition) is 0. The van der Waals surface area contributed by atoms with Gasteiger partial charge in [-0.1, -0.05) is 13.0 Å². The van der Waals surface area contributed by atoms with Crippen LogP contribution >= 0.6 is 7.82 Å². The zero-order valence-corrected chi connectivity index (χ0v) is 12.9. The molecule has 0 aliphatic heterocycles. The molecule has 0 saturated carbocycles. The molecule has 0 atom stereocenters. The minimum absolute atomic E-state index is 0. The van der Waals surface area contributed by atoms with Crippen molar-refractivity contribution >= 4 is 36.8 Å². The molecule has 18 heavy (non-hydrogen) atoms. The van der Waals surface area contributed by atoms with Crippen molar-refractivity contribution in [3.8, 4) is 0 Å². The molecule has 0 unspecified atom stereocenters. The normalized spacial score (nSPS) is 10.6. The van der Waals surface area contributed by atoms with Crippen LogP contribution in [0.3, 0.4) is 0 Å². The largest absolute Gasteiger partial charge is 2.00 e. The van der Waals surface area contributed by atoms with Crippen LogP contribution in [0, 0.1) is 0 Å². The Morgan fingerprint density at radius 2 is 1.67 bits per heavy atom. The van der Waals surface area contributed by atoms with E-state index in [4.69, 9.17) is 4.74 Å². The van der Waals surface area contributed by atoms with Crippen molar-refractivity contribution in [2.75, 3.05) is 13.2 Å². The van der Waals surface area contributed by atoms with Crippen LogP contribution in [0.25, 0.3) is 0 Å². The Bertz CT molecular complexity index is 301. The number of phosphoric ester groups is 1. The predicted molar refractivity (Wildman–Crippen MR) is 63.6 cm³/mol. The van der Waals surface area contributed by atoms with E-state index in [-0.39, 0.29) is 29.7 Å². The van der Waals surface area contributed by atoms with Crippen molar-refractivity contribution in [1.82, 2.24) is 0 Å². The average Bonchev–Trinajstić information content (AvgIpc) is 2.19. The quantitative estimate of drug-likeness (QED) is 0.197. The van der Waals surface area contributed by atoms with Crippen LogP contribution < -0.4 is 9.79 Å². The monoisotopic (exact) mass is 288 g/mol. The molecule has 0 heterocycles. The second-order valence-electron chi connectivity index (χ2n) is 3.61. The number of rotatable bonds is 9. The molecule has 0 rings (SSSR count). The molecule has 8 heteroatoms. The summed E-state index contributed by atoms with van der Waals surface area (Å²) in [6, 6.07) is 0. The van der Waals surface area contributed by atoms with Gasteiger partial charge in [-0.05, 0) is 26.2 Å². The SMILES string of the molecule is C=C(C)C(=O)OCCCCCCOP(=O)([O-])[O-].[Mg+2]. The number of ether oxygens (including phenoxy) is 1. The summed E-state index contributed by atoms with van der Waals surface area (Å²) >= 11 is 0. The van der Waals surface area contributed by atoms with E-state index in [1.807, 2.05) is 0 Å². The van der Waals surface area contributed by atoms with E-state index < -0.39 is 13.8 Å². The van der Waals surface area contributed by atoms with Gasteiger partial charge in [-0.25, -0.2) is 4.79 Å². The Labute approximate surface area is 123 Å². The maximum absolute atomic E-state index is 10.9. The van der Waals surface area contributed by atoms with Gasteiger partial charge in [-0.2, -0.15) is 0 Å². The fourth-order valence-electron chi connectivity index (χ4n) is 1.02. The molecule has 0 spiro atoms. The van der Waals surface area contributed by atoms with Crippen LogP contribution in [0.15, 0.2) is 12.2 Å². The Hall–Kier alpha value is 0.0862. The van der Waals surface area contributed by atoms with E-state index in [0.717, 1.165) is 6.42 Å². The Kier molecular flexibility index (Phi) is 12.4. The van der Waals surface area contributed by atoms with Gasteiger partial charge >= 0.3 is 29.0 Å². The second kappa shape index (κ2) is 11.0. The summed E-state index contributed by atoms with van der Waals surface area (Å²) in [5.41, 5.74) is 0.361. The van der Waals surface area contributed by atoms with Crippen molar-refractivity contribution in [3.05, 3.63) is 12.2 Å². The predicted octanol–water partition coefficient (Wildman–Crippen LogP) is 0.131. The first kappa shape index (κ1) is 20.4. The molecule has 6 nitrogen and oxygen atoms in total. The summed E-state index contributed by atoms with van der Waals surface area (Å²) in [6.45, 7) is 5.24. The molecule has 100 valence electrons. The zero-order chi connectivity index (χ0) is 13.3. The van der Waals surface area contributed by atoms with E-state index in [1.54, 1.807) is 6.92 Å². The van der Waals surface area contributed by atoms with Crippen molar-refractivity contribution in [2.24, 2.45) is 0 Å². The first-order chi connectivity index (χ1) is 7.83. The Morgan fingerprint density at radius 3 is 2.11 bits per heavy atom. The summed E-state index contributed by atoms with van der Waals surface area (Å²) in [5, 5.41) is 0. The number of unbranched alkanes of at least 4 members (excludes halogenated alkanes) is 3. The fraction of sp³-hybridized carbons (Fsp3) is 0.700. The third-order valence-corrected chi connectivity index (χ3v) is 2.37. The summed E-state index contributed by atoms with van der Waals surface area (Å²) in [5.74, 6) is -0.410. The van der Waals surface area contributed by atoms with Gasteiger partial charge < -0.3 is 23.6 Å². The molecular weight excluding hydrogens is 271 g/mol. The van der Waals surface area contributed by atoms with E-state index in [1.165, 1.54) is 0 Å². The van der Waals surface area contributed by atoms with Crippen molar-refractivity contribution in [1.29, 1.82) is 0 Å². The smallest absolute Gasteiger partial charge is 0.790 e. The van der Waals surface area contributed by atoms with E-state index in [9.17, 15) is 19.1 Å². The van der Waals surface area contributed by atoms with E-state index in [2.05, 4.69) is 11.1 Å². The molecule has 0 bridgehead atoms. The number of esters is 1. The number of carbonyl (C=O) groups excluding carboxylic acids is 1. The van der Waals surface area contributed by atoms with Crippen molar-refractivity contribution in [2.45, 2.75) is 32.6 Å². The molecule has 0 N–H and O–H groups in total. The average molecular weight is 289 g/mol. The first-order valence-corrected chi connectivity index (χ1v) is 6.78. The maximum atomic E-state index is 10.9. The molecule has 0 fully saturated rings. The molecule has 0 aliphatic rings. The zero-order valence-electron chi connectivity index (χ0n) is 10.6. The molecule has 0 radical (unpaired) electrons. The number of hydrogen-bond acceptors (Lipinski definition) is 6. The molecule has 0 aromatic rings. The molecule has 0 aromatic carbocycles. The van der Waals surface area contributed by atoms with Crippen LogP contribution in [0.1, 0.15) is 32.6 Å². The Morgan fingerprint density at radius 1 is 1.17 bits per heavy atom. The fourth-order valence-corrected chi connectivity index (χ4v) is 1.37. The van der Waals surface area contributed by atoms with E-state index >= 15 is 0 Å². The molecule has 0 aromatic heterocycles.